The average molecular weight is 529 g/mol. The SMILES string of the molecule is CCCCCOc1ccc([C@H]2C(=C(O)c3ccc(OCCCC)cc3)C(=O)C(=O)N2Cc2ccncc2)cc1. The molecular formula is C32H36N2O5. The lowest BCUT2D eigenvalue weighted by molar-refractivity contribution is -0.140. The van der Waals surface area contributed by atoms with Gasteiger partial charge in [0.2, 0.25) is 0 Å². The lowest BCUT2D eigenvalue weighted by atomic mass is 9.95. The van der Waals surface area contributed by atoms with Gasteiger partial charge in [0.25, 0.3) is 11.7 Å². The Morgan fingerprint density at radius 2 is 1.41 bits per heavy atom. The summed E-state index contributed by atoms with van der Waals surface area (Å²) in [6, 6.07) is 17.2. The van der Waals surface area contributed by atoms with Crippen LogP contribution in [-0.2, 0) is 16.1 Å². The predicted octanol–water partition coefficient (Wildman–Crippen LogP) is 6.45. The Morgan fingerprint density at radius 1 is 0.821 bits per heavy atom. The highest BCUT2D eigenvalue weighted by molar-refractivity contribution is 6.46. The molecule has 3 aromatic rings. The average Bonchev–Trinajstić information content (AvgIpc) is 3.21. The van der Waals surface area contributed by atoms with Crippen molar-refractivity contribution in [1.82, 2.24) is 9.88 Å². The van der Waals surface area contributed by atoms with Gasteiger partial charge < -0.3 is 19.5 Å². The van der Waals surface area contributed by atoms with Gasteiger partial charge in [-0.2, -0.15) is 0 Å². The Kier molecular flexibility index (Phi) is 9.73. The monoisotopic (exact) mass is 528 g/mol. The normalized spacial score (nSPS) is 16.5. The molecule has 0 bridgehead atoms. The van der Waals surface area contributed by atoms with Crippen LogP contribution in [0.3, 0.4) is 0 Å². The van der Waals surface area contributed by atoms with Gasteiger partial charge in [-0.3, -0.25) is 14.6 Å². The molecule has 1 atom stereocenters. The molecule has 2 aromatic carbocycles. The van der Waals surface area contributed by atoms with Crippen molar-refractivity contribution in [3.8, 4) is 11.5 Å². The molecule has 1 aliphatic heterocycles. The number of benzene rings is 2. The minimum absolute atomic E-state index is 0.0605. The first-order valence-electron chi connectivity index (χ1n) is 13.7. The van der Waals surface area contributed by atoms with E-state index >= 15 is 0 Å². The molecule has 0 spiro atoms. The van der Waals surface area contributed by atoms with Crippen LogP contribution in [0, 0.1) is 0 Å². The number of hydrogen-bond acceptors (Lipinski definition) is 6. The van der Waals surface area contributed by atoms with Crippen LogP contribution in [0.2, 0.25) is 0 Å². The standard InChI is InChI=1S/C32H36N2O5/c1-3-5-7-21-39-26-12-8-24(9-13-26)29-28(30(35)25-10-14-27(15-11-25)38-20-6-4-2)31(36)32(37)34(29)22-23-16-18-33-19-17-23/h8-19,29,35H,3-7,20-22H2,1-2H3/t29-/m0/s1. The number of pyridine rings is 1. The number of carbonyl (C=O) groups is 2. The number of aromatic nitrogens is 1. The number of hydrogen-bond donors (Lipinski definition) is 1. The predicted molar refractivity (Wildman–Crippen MR) is 150 cm³/mol. The van der Waals surface area contributed by atoms with Gasteiger partial charge in [0.15, 0.2) is 0 Å². The zero-order valence-electron chi connectivity index (χ0n) is 22.6. The zero-order chi connectivity index (χ0) is 27.6. The van der Waals surface area contributed by atoms with E-state index in [0.29, 0.717) is 30.1 Å². The van der Waals surface area contributed by atoms with Gasteiger partial charge in [-0.25, -0.2) is 0 Å². The third-order valence-corrected chi connectivity index (χ3v) is 6.75. The maximum atomic E-state index is 13.3. The maximum Gasteiger partial charge on any atom is 0.295 e. The van der Waals surface area contributed by atoms with Crippen molar-refractivity contribution in [2.45, 2.75) is 58.5 Å². The van der Waals surface area contributed by atoms with Gasteiger partial charge in [-0.05, 0) is 72.5 Å². The third kappa shape index (κ3) is 6.85. The second-order valence-electron chi connectivity index (χ2n) is 9.63. The van der Waals surface area contributed by atoms with E-state index in [-0.39, 0.29) is 17.9 Å². The number of ether oxygens (including phenoxy) is 2. The second kappa shape index (κ2) is 13.6. The van der Waals surface area contributed by atoms with E-state index in [2.05, 4.69) is 18.8 Å². The van der Waals surface area contributed by atoms with Crippen molar-refractivity contribution < 1.29 is 24.2 Å². The Bertz CT molecular complexity index is 1270. The van der Waals surface area contributed by atoms with E-state index in [4.69, 9.17) is 9.47 Å². The number of aliphatic hydroxyl groups excluding tert-OH is 1. The van der Waals surface area contributed by atoms with Crippen LogP contribution in [-0.4, -0.2) is 39.9 Å². The summed E-state index contributed by atoms with van der Waals surface area (Å²) in [6.07, 6.45) is 8.48. The molecule has 1 fully saturated rings. The molecular weight excluding hydrogens is 492 g/mol. The topological polar surface area (TPSA) is 89.0 Å². The summed E-state index contributed by atoms with van der Waals surface area (Å²) >= 11 is 0. The number of ketones is 1. The van der Waals surface area contributed by atoms with Crippen molar-refractivity contribution in [1.29, 1.82) is 0 Å². The molecule has 204 valence electrons. The number of nitrogens with zero attached hydrogens (tertiary/aromatic N) is 2. The van der Waals surface area contributed by atoms with Gasteiger partial charge >= 0.3 is 0 Å². The van der Waals surface area contributed by atoms with E-state index in [0.717, 1.165) is 43.4 Å². The second-order valence-corrected chi connectivity index (χ2v) is 9.63. The van der Waals surface area contributed by atoms with Crippen molar-refractivity contribution in [3.63, 3.8) is 0 Å². The van der Waals surface area contributed by atoms with Crippen LogP contribution in [0.5, 0.6) is 11.5 Å². The summed E-state index contributed by atoms with van der Waals surface area (Å²) in [5.41, 5.74) is 2.05. The van der Waals surface area contributed by atoms with Gasteiger partial charge in [-0.1, -0.05) is 45.2 Å². The highest BCUT2D eigenvalue weighted by Crippen LogP contribution is 2.40. The fourth-order valence-corrected chi connectivity index (χ4v) is 4.56. The minimum Gasteiger partial charge on any atom is -0.507 e. The van der Waals surface area contributed by atoms with Crippen molar-refractivity contribution in [3.05, 3.63) is 95.3 Å². The zero-order valence-corrected chi connectivity index (χ0v) is 22.6. The smallest absolute Gasteiger partial charge is 0.295 e. The number of unbranched alkanes of at least 4 members (excludes halogenated alkanes) is 3. The third-order valence-electron chi connectivity index (χ3n) is 6.75. The summed E-state index contributed by atoms with van der Waals surface area (Å²) in [4.78, 5) is 32.2. The first-order chi connectivity index (χ1) is 19.0. The van der Waals surface area contributed by atoms with E-state index < -0.39 is 17.7 Å². The molecule has 1 N–H and O–H groups in total. The van der Waals surface area contributed by atoms with Gasteiger partial charge in [0, 0.05) is 24.5 Å². The highest BCUT2D eigenvalue weighted by Gasteiger charge is 2.46. The number of rotatable bonds is 13. The number of Topliss-reactive ketones (excluding diaryl/α,β-unsaturated/α-hetero) is 1. The molecule has 7 nitrogen and oxygen atoms in total. The quantitative estimate of drug-likeness (QED) is 0.119. The molecule has 1 saturated heterocycles. The summed E-state index contributed by atoms with van der Waals surface area (Å²) in [6.45, 7) is 5.69. The molecule has 0 radical (unpaired) electrons. The van der Waals surface area contributed by atoms with Crippen LogP contribution in [0.15, 0.2) is 78.6 Å². The number of likely N-dealkylation sites (tertiary alicyclic amines) is 1. The van der Waals surface area contributed by atoms with E-state index in [9.17, 15) is 14.7 Å². The molecule has 1 aromatic heterocycles. The van der Waals surface area contributed by atoms with Gasteiger partial charge in [-0.15, -0.1) is 0 Å². The number of aliphatic hydroxyl groups is 1. The van der Waals surface area contributed by atoms with Crippen LogP contribution in [0.1, 0.15) is 68.7 Å². The van der Waals surface area contributed by atoms with Crippen LogP contribution >= 0.6 is 0 Å². The van der Waals surface area contributed by atoms with Gasteiger partial charge in [0.05, 0.1) is 24.8 Å². The molecule has 0 unspecified atom stereocenters. The number of carbonyl (C=O) groups excluding carboxylic acids is 2. The van der Waals surface area contributed by atoms with E-state index in [1.54, 1.807) is 48.8 Å². The van der Waals surface area contributed by atoms with Crippen molar-refractivity contribution in [2.75, 3.05) is 13.2 Å². The summed E-state index contributed by atoms with van der Waals surface area (Å²) in [7, 11) is 0. The van der Waals surface area contributed by atoms with Crippen molar-refractivity contribution >= 4 is 17.4 Å². The fraction of sp³-hybridized carbons (Fsp3) is 0.344. The lowest BCUT2D eigenvalue weighted by Gasteiger charge is -2.25. The molecule has 0 aliphatic carbocycles. The summed E-state index contributed by atoms with van der Waals surface area (Å²) in [5.74, 6) is -0.174. The molecule has 7 heteroatoms. The molecule has 39 heavy (non-hydrogen) atoms. The summed E-state index contributed by atoms with van der Waals surface area (Å²) in [5, 5.41) is 11.4. The van der Waals surface area contributed by atoms with Crippen LogP contribution < -0.4 is 9.47 Å². The minimum atomic E-state index is -0.757. The largest absolute Gasteiger partial charge is 0.507 e. The fourth-order valence-electron chi connectivity index (χ4n) is 4.56. The molecule has 4 rings (SSSR count). The maximum absolute atomic E-state index is 13.3. The first-order valence-corrected chi connectivity index (χ1v) is 13.7. The Hall–Kier alpha value is -4.13. The lowest BCUT2D eigenvalue weighted by Crippen LogP contribution is -2.29. The van der Waals surface area contributed by atoms with Crippen LogP contribution in [0.25, 0.3) is 5.76 Å². The number of amides is 1. The first kappa shape index (κ1) is 27.9. The molecule has 0 saturated carbocycles. The van der Waals surface area contributed by atoms with E-state index in [1.165, 1.54) is 4.90 Å². The van der Waals surface area contributed by atoms with Gasteiger partial charge in [0.1, 0.15) is 17.3 Å². The molecule has 1 amide bonds. The van der Waals surface area contributed by atoms with Crippen molar-refractivity contribution in [2.24, 2.45) is 0 Å². The Morgan fingerprint density at radius 3 is 2.03 bits per heavy atom. The molecule has 2 heterocycles. The highest BCUT2D eigenvalue weighted by atomic mass is 16.5. The molecule has 1 aliphatic rings. The Labute approximate surface area is 230 Å². The summed E-state index contributed by atoms with van der Waals surface area (Å²) < 4.78 is 11.6. The van der Waals surface area contributed by atoms with E-state index in [1.807, 2.05) is 24.3 Å². The van der Waals surface area contributed by atoms with Crippen LogP contribution in [0.4, 0.5) is 0 Å². The Balaban J connectivity index is 1.67.